The van der Waals surface area contributed by atoms with Crippen molar-refractivity contribution in [1.82, 2.24) is 0 Å². The smallest absolute Gasteiger partial charge is 0.334 e. The lowest BCUT2D eigenvalue weighted by Gasteiger charge is -2.28. The summed E-state index contributed by atoms with van der Waals surface area (Å²) >= 11 is 0. The molecule has 0 saturated heterocycles. The zero-order valence-corrected chi connectivity index (χ0v) is 12.4. The predicted molar refractivity (Wildman–Crippen MR) is 71.1 cm³/mol. The van der Waals surface area contributed by atoms with Crippen molar-refractivity contribution in [2.24, 2.45) is 0 Å². The molecule has 0 saturated carbocycles. The van der Waals surface area contributed by atoms with Crippen molar-refractivity contribution in [2.75, 3.05) is 6.61 Å². The Morgan fingerprint density at radius 3 is 2.41 bits per heavy atom. The monoisotopic (exact) mass is 312 g/mol. The van der Waals surface area contributed by atoms with Crippen LogP contribution in [0.15, 0.2) is 24.3 Å². The number of hydrogen-bond acceptors (Lipinski definition) is 8. The summed E-state index contributed by atoms with van der Waals surface area (Å²) < 4.78 is 19.3. The van der Waals surface area contributed by atoms with E-state index in [2.05, 4.69) is 0 Å². The van der Waals surface area contributed by atoms with Crippen LogP contribution in [0.4, 0.5) is 0 Å². The molecule has 0 fully saturated rings. The van der Waals surface area contributed by atoms with Gasteiger partial charge in [-0.25, -0.2) is 19.2 Å². The summed E-state index contributed by atoms with van der Waals surface area (Å²) in [5.74, 6) is -5.11. The van der Waals surface area contributed by atoms with Crippen molar-refractivity contribution in [3.8, 4) is 0 Å². The second-order valence-corrected chi connectivity index (χ2v) is 4.74. The Bertz CT molecular complexity index is 531. The van der Waals surface area contributed by atoms with Gasteiger partial charge in [-0.15, -0.1) is 0 Å². The molecule has 0 aromatic heterocycles. The molecule has 8 nitrogen and oxygen atoms in total. The Morgan fingerprint density at radius 2 is 1.77 bits per heavy atom. The molecule has 0 radical (unpaired) electrons. The highest BCUT2D eigenvalue weighted by molar-refractivity contribution is 5.93. The van der Waals surface area contributed by atoms with Gasteiger partial charge in [-0.3, -0.25) is 0 Å². The number of cyclic esters (lactones) is 2. The molecule has 0 aromatic rings. The van der Waals surface area contributed by atoms with Gasteiger partial charge in [-0.05, 0) is 13.8 Å². The average molecular weight is 312 g/mol. The van der Waals surface area contributed by atoms with Crippen LogP contribution in [0.5, 0.6) is 0 Å². The van der Waals surface area contributed by atoms with Crippen LogP contribution in [-0.2, 0) is 38.1 Å². The lowest BCUT2D eigenvalue weighted by atomic mass is 10.3. The summed E-state index contributed by atoms with van der Waals surface area (Å²) in [6.45, 7) is 4.08. The molecular weight excluding hydrogens is 296 g/mol. The molecule has 1 heterocycles. The SMILES string of the molecule is CC(C)OC(=O)/C=C/C(=O)OC1(C)COC(=O)/C=C/C(=O)O1. The lowest BCUT2D eigenvalue weighted by molar-refractivity contribution is -0.232. The van der Waals surface area contributed by atoms with Gasteiger partial charge in [-0.2, -0.15) is 0 Å². The molecule has 0 bridgehead atoms. The summed E-state index contributed by atoms with van der Waals surface area (Å²) in [6, 6.07) is 0. The van der Waals surface area contributed by atoms with Gasteiger partial charge in [0.2, 0.25) is 0 Å². The molecule has 0 aromatic carbocycles. The van der Waals surface area contributed by atoms with E-state index in [-0.39, 0.29) is 6.10 Å². The molecule has 22 heavy (non-hydrogen) atoms. The summed E-state index contributed by atoms with van der Waals surface area (Å²) in [5, 5.41) is 0. The first kappa shape index (κ1) is 17.4. The molecule has 1 rings (SSSR count). The van der Waals surface area contributed by atoms with Crippen molar-refractivity contribution in [3.05, 3.63) is 24.3 Å². The number of esters is 4. The molecule has 1 aliphatic heterocycles. The molecule has 0 aliphatic carbocycles. The third-order valence-corrected chi connectivity index (χ3v) is 2.17. The first-order chi connectivity index (χ1) is 10.2. The van der Waals surface area contributed by atoms with Crippen LogP contribution in [0, 0.1) is 0 Å². The zero-order valence-electron chi connectivity index (χ0n) is 12.4. The van der Waals surface area contributed by atoms with Crippen molar-refractivity contribution < 1.29 is 38.1 Å². The largest absolute Gasteiger partial charge is 0.460 e. The van der Waals surface area contributed by atoms with Gasteiger partial charge in [0.1, 0.15) is 0 Å². The van der Waals surface area contributed by atoms with Crippen LogP contribution in [0.2, 0.25) is 0 Å². The summed E-state index contributed by atoms with van der Waals surface area (Å²) in [5.41, 5.74) is 0. The van der Waals surface area contributed by atoms with Gasteiger partial charge in [0.25, 0.3) is 5.79 Å². The van der Waals surface area contributed by atoms with Crippen LogP contribution in [0.1, 0.15) is 20.8 Å². The van der Waals surface area contributed by atoms with Gasteiger partial charge in [-0.1, -0.05) is 0 Å². The number of ether oxygens (including phenoxy) is 4. The lowest BCUT2D eigenvalue weighted by Crippen LogP contribution is -2.42. The van der Waals surface area contributed by atoms with E-state index in [1.54, 1.807) is 13.8 Å². The van der Waals surface area contributed by atoms with E-state index >= 15 is 0 Å². The first-order valence-electron chi connectivity index (χ1n) is 6.40. The van der Waals surface area contributed by atoms with Crippen molar-refractivity contribution in [2.45, 2.75) is 32.7 Å². The zero-order chi connectivity index (χ0) is 16.8. The average Bonchev–Trinajstić information content (AvgIpc) is 2.39. The van der Waals surface area contributed by atoms with Crippen molar-refractivity contribution in [3.63, 3.8) is 0 Å². The number of carbonyl (C=O) groups excluding carboxylic acids is 4. The van der Waals surface area contributed by atoms with Crippen LogP contribution in [0.3, 0.4) is 0 Å². The van der Waals surface area contributed by atoms with Gasteiger partial charge < -0.3 is 18.9 Å². The van der Waals surface area contributed by atoms with Crippen molar-refractivity contribution in [1.29, 1.82) is 0 Å². The molecule has 0 amide bonds. The van der Waals surface area contributed by atoms with Gasteiger partial charge in [0.05, 0.1) is 6.10 Å². The Labute approximate surface area is 126 Å². The van der Waals surface area contributed by atoms with E-state index in [0.29, 0.717) is 0 Å². The van der Waals surface area contributed by atoms with Crippen LogP contribution >= 0.6 is 0 Å². The van der Waals surface area contributed by atoms with Gasteiger partial charge in [0, 0.05) is 31.2 Å². The van der Waals surface area contributed by atoms with E-state index in [1.807, 2.05) is 0 Å². The number of carbonyl (C=O) groups is 4. The Hall–Kier alpha value is -2.64. The Morgan fingerprint density at radius 1 is 1.18 bits per heavy atom. The topological polar surface area (TPSA) is 105 Å². The molecule has 0 spiro atoms. The second-order valence-electron chi connectivity index (χ2n) is 4.74. The van der Waals surface area contributed by atoms with Crippen LogP contribution < -0.4 is 0 Å². The maximum Gasteiger partial charge on any atom is 0.334 e. The second kappa shape index (κ2) is 7.39. The third kappa shape index (κ3) is 6.21. The summed E-state index contributed by atoms with van der Waals surface area (Å²) in [6.07, 6.45) is 3.11. The Balaban J connectivity index is 2.66. The summed E-state index contributed by atoms with van der Waals surface area (Å²) in [4.78, 5) is 45.4. The Kier molecular flexibility index (Phi) is 5.85. The highest BCUT2D eigenvalue weighted by atomic mass is 16.7. The highest BCUT2D eigenvalue weighted by Gasteiger charge is 2.35. The maximum atomic E-state index is 11.6. The quantitative estimate of drug-likeness (QED) is 0.417. The van der Waals surface area contributed by atoms with E-state index in [9.17, 15) is 19.2 Å². The van der Waals surface area contributed by atoms with Crippen LogP contribution in [0.25, 0.3) is 0 Å². The van der Waals surface area contributed by atoms with E-state index < -0.39 is 36.3 Å². The fraction of sp³-hybridized carbons (Fsp3) is 0.429. The fourth-order valence-electron chi connectivity index (χ4n) is 1.37. The highest BCUT2D eigenvalue weighted by Crippen LogP contribution is 2.16. The van der Waals surface area contributed by atoms with E-state index in [1.165, 1.54) is 6.92 Å². The fourth-order valence-corrected chi connectivity index (χ4v) is 1.37. The van der Waals surface area contributed by atoms with Crippen LogP contribution in [-0.4, -0.2) is 42.4 Å². The predicted octanol–water partition coefficient (Wildman–Crippen LogP) is 0.410. The third-order valence-electron chi connectivity index (χ3n) is 2.17. The van der Waals surface area contributed by atoms with Gasteiger partial charge in [0.15, 0.2) is 6.61 Å². The first-order valence-corrected chi connectivity index (χ1v) is 6.40. The maximum absolute atomic E-state index is 11.6. The summed E-state index contributed by atoms with van der Waals surface area (Å²) in [7, 11) is 0. The van der Waals surface area contributed by atoms with Gasteiger partial charge >= 0.3 is 23.9 Å². The number of rotatable bonds is 4. The molecule has 0 N–H and O–H groups in total. The minimum atomic E-state index is -1.79. The molecule has 120 valence electrons. The standard InChI is InChI=1S/C14H16O8/c1-9(2)20-11(16)5-7-13(18)22-14(3)8-19-10(15)4-6-12(17)21-14/h4-7,9H,8H2,1-3H3/b6-4+,7-5+. The minimum Gasteiger partial charge on any atom is -0.460 e. The van der Waals surface area contributed by atoms with Crippen molar-refractivity contribution >= 4 is 23.9 Å². The number of hydrogen-bond donors (Lipinski definition) is 0. The molecule has 1 unspecified atom stereocenters. The minimum absolute atomic E-state index is 0.330. The van der Waals surface area contributed by atoms with E-state index in [4.69, 9.17) is 18.9 Å². The molecule has 8 heteroatoms. The molecule has 1 aliphatic rings. The normalized spacial score (nSPS) is 23.3. The van der Waals surface area contributed by atoms with E-state index in [0.717, 1.165) is 24.3 Å². The molecule has 1 atom stereocenters. The molecular formula is C14H16O8.